The summed E-state index contributed by atoms with van der Waals surface area (Å²) >= 11 is 5.43. The smallest absolute Gasteiger partial charge is 0.335 e. The molecule has 0 aliphatic carbocycles. The first-order valence-electron chi connectivity index (χ1n) is 8.00. The number of carbonyl (C=O) groups excluding carboxylic acids is 3. The normalized spacial score (nSPS) is 15.9. The van der Waals surface area contributed by atoms with Crippen LogP contribution in [-0.4, -0.2) is 24.5 Å². The number of nitrogens with zero attached hydrogens (tertiary/aromatic N) is 1. The van der Waals surface area contributed by atoms with Crippen LogP contribution in [0.15, 0.2) is 52.5 Å². The minimum atomic E-state index is -0.772. The van der Waals surface area contributed by atoms with Crippen LogP contribution >= 0.6 is 38.5 Å². The van der Waals surface area contributed by atoms with E-state index in [1.165, 1.54) is 6.08 Å². The van der Waals surface area contributed by atoms with Gasteiger partial charge in [-0.1, -0.05) is 22.0 Å². The van der Waals surface area contributed by atoms with E-state index in [-0.39, 0.29) is 5.57 Å². The molecule has 27 heavy (non-hydrogen) atoms. The van der Waals surface area contributed by atoms with E-state index >= 15 is 0 Å². The zero-order valence-corrected chi connectivity index (χ0v) is 17.9. The highest BCUT2D eigenvalue weighted by Gasteiger charge is 2.36. The Kier molecular flexibility index (Phi) is 5.95. The molecule has 0 spiro atoms. The van der Waals surface area contributed by atoms with E-state index in [1.54, 1.807) is 42.5 Å². The van der Waals surface area contributed by atoms with Crippen LogP contribution in [0.5, 0.6) is 5.75 Å². The summed E-state index contributed by atoms with van der Waals surface area (Å²) in [6.07, 6.45) is 1.47. The Labute approximate surface area is 177 Å². The SMILES string of the molecule is CCOc1ccc(/C=C2\C(=O)NC(=O)N(c3ccc(Br)cc3)C2=O)cc1I. The van der Waals surface area contributed by atoms with E-state index < -0.39 is 17.8 Å². The molecule has 2 aromatic rings. The first-order chi connectivity index (χ1) is 12.9. The second kappa shape index (κ2) is 8.22. The summed E-state index contributed by atoms with van der Waals surface area (Å²) in [4.78, 5) is 38.2. The minimum Gasteiger partial charge on any atom is -0.493 e. The molecule has 0 saturated carbocycles. The summed E-state index contributed by atoms with van der Waals surface area (Å²) in [5.74, 6) is -0.663. The number of barbiturate groups is 1. The van der Waals surface area contributed by atoms with Crippen LogP contribution in [-0.2, 0) is 9.59 Å². The molecule has 6 nitrogen and oxygen atoms in total. The fourth-order valence-corrected chi connectivity index (χ4v) is 3.49. The average Bonchev–Trinajstić information content (AvgIpc) is 2.62. The lowest BCUT2D eigenvalue weighted by Crippen LogP contribution is -2.54. The van der Waals surface area contributed by atoms with Gasteiger partial charge in [0.15, 0.2) is 0 Å². The number of nitrogens with one attached hydrogen (secondary N) is 1. The molecule has 1 heterocycles. The van der Waals surface area contributed by atoms with Crippen LogP contribution in [0, 0.1) is 3.57 Å². The summed E-state index contributed by atoms with van der Waals surface area (Å²) in [7, 11) is 0. The lowest BCUT2D eigenvalue weighted by Gasteiger charge is -2.26. The molecule has 4 amide bonds. The summed E-state index contributed by atoms with van der Waals surface area (Å²) in [5, 5.41) is 2.21. The maximum Gasteiger partial charge on any atom is 0.335 e. The Balaban J connectivity index is 1.96. The van der Waals surface area contributed by atoms with Gasteiger partial charge in [-0.15, -0.1) is 0 Å². The van der Waals surface area contributed by atoms with Crippen molar-refractivity contribution in [1.29, 1.82) is 0 Å². The molecule has 3 rings (SSSR count). The monoisotopic (exact) mass is 540 g/mol. The van der Waals surface area contributed by atoms with Gasteiger partial charge in [0.05, 0.1) is 15.9 Å². The third-order valence-corrected chi connectivity index (χ3v) is 5.12. The van der Waals surface area contributed by atoms with Crippen molar-refractivity contribution >= 4 is 68.1 Å². The van der Waals surface area contributed by atoms with Crippen molar-refractivity contribution in [3.05, 3.63) is 61.6 Å². The van der Waals surface area contributed by atoms with Gasteiger partial charge in [-0.05, 0) is 77.6 Å². The first kappa shape index (κ1) is 19.6. The van der Waals surface area contributed by atoms with Crippen LogP contribution in [0.2, 0.25) is 0 Å². The molecule has 2 aromatic carbocycles. The van der Waals surface area contributed by atoms with Crippen molar-refractivity contribution in [2.24, 2.45) is 0 Å². The first-order valence-corrected chi connectivity index (χ1v) is 9.87. The largest absolute Gasteiger partial charge is 0.493 e. The van der Waals surface area contributed by atoms with Crippen LogP contribution in [0.3, 0.4) is 0 Å². The van der Waals surface area contributed by atoms with Gasteiger partial charge in [-0.25, -0.2) is 9.69 Å². The molecule has 138 valence electrons. The summed E-state index contributed by atoms with van der Waals surface area (Å²) in [6.45, 7) is 2.44. The maximum atomic E-state index is 12.8. The quantitative estimate of drug-likeness (QED) is 0.359. The summed E-state index contributed by atoms with van der Waals surface area (Å²) in [5.41, 5.74) is 0.921. The van der Waals surface area contributed by atoms with Gasteiger partial charge in [-0.3, -0.25) is 14.9 Å². The molecule has 1 N–H and O–H groups in total. The number of rotatable bonds is 4. The van der Waals surface area contributed by atoms with Crippen molar-refractivity contribution in [1.82, 2.24) is 5.32 Å². The molecule has 0 aromatic heterocycles. The highest BCUT2D eigenvalue weighted by Crippen LogP contribution is 2.26. The van der Waals surface area contributed by atoms with Gasteiger partial charge >= 0.3 is 6.03 Å². The molecule has 1 aliphatic heterocycles. The third-order valence-electron chi connectivity index (χ3n) is 3.75. The fraction of sp³-hybridized carbons (Fsp3) is 0.105. The van der Waals surface area contributed by atoms with Crippen molar-refractivity contribution in [2.45, 2.75) is 6.92 Å². The topological polar surface area (TPSA) is 75.7 Å². The van der Waals surface area contributed by atoms with Crippen molar-refractivity contribution < 1.29 is 19.1 Å². The van der Waals surface area contributed by atoms with Crippen LogP contribution < -0.4 is 15.0 Å². The van der Waals surface area contributed by atoms with Gasteiger partial charge in [0.25, 0.3) is 11.8 Å². The number of carbonyl (C=O) groups is 3. The molecule has 0 bridgehead atoms. The molecule has 1 aliphatic rings. The zero-order chi connectivity index (χ0) is 19.6. The van der Waals surface area contributed by atoms with Crippen LogP contribution in [0.25, 0.3) is 6.08 Å². The van der Waals surface area contributed by atoms with Crippen molar-refractivity contribution in [3.8, 4) is 5.75 Å². The highest BCUT2D eigenvalue weighted by atomic mass is 127. The number of benzene rings is 2. The number of anilines is 1. The average molecular weight is 541 g/mol. The van der Waals surface area contributed by atoms with Crippen molar-refractivity contribution in [2.75, 3.05) is 11.5 Å². The predicted molar refractivity (Wildman–Crippen MR) is 113 cm³/mol. The third kappa shape index (κ3) is 4.22. The molecule has 8 heteroatoms. The van der Waals surface area contributed by atoms with E-state index in [0.29, 0.717) is 17.9 Å². The zero-order valence-electron chi connectivity index (χ0n) is 14.2. The Hall–Kier alpha value is -2.20. The van der Waals surface area contributed by atoms with Gasteiger partial charge in [0, 0.05) is 4.47 Å². The summed E-state index contributed by atoms with van der Waals surface area (Å²) < 4.78 is 7.16. The fourth-order valence-electron chi connectivity index (χ4n) is 2.53. The standard InChI is InChI=1S/C19H14BrIN2O4/c1-2-27-16-8-3-11(10-15(16)21)9-14-17(24)22-19(26)23(18(14)25)13-6-4-12(20)5-7-13/h3-10H,2H2,1H3,(H,22,24,26)/b14-9+. The molecule has 0 radical (unpaired) electrons. The predicted octanol–water partition coefficient (Wildman–Crippen LogP) is 4.12. The number of hydrogen-bond acceptors (Lipinski definition) is 4. The second-order valence-corrected chi connectivity index (χ2v) is 7.64. The number of amides is 4. The van der Waals surface area contributed by atoms with Gasteiger partial charge in [-0.2, -0.15) is 0 Å². The maximum absolute atomic E-state index is 12.8. The number of hydrogen-bond donors (Lipinski definition) is 1. The van der Waals surface area contributed by atoms with Gasteiger partial charge in [0.1, 0.15) is 11.3 Å². The number of imide groups is 2. The Bertz CT molecular complexity index is 957. The molecular formula is C19H14BrIN2O4. The van der Waals surface area contributed by atoms with E-state index in [1.807, 2.05) is 6.92 Å². The highest BCUT2D eigenvalue weighted by molar-refractivity contribution is 14.1. The number of ether oxygens (including phenoxy) is 1. The number of urea groups is 1. The lowest BCUT2D eigenvalue weighted by molar-refractivity contribution is -0.122. The minimum absolute atomic E-state index is 0.113. The van der Waals surface area contributed by atoms with Crippen LogP contribution in [0.1, 0.15) is 12.5 Å². The van der Waals surface area contributed by atoms with Crippen LogP contribution in [0.4, 0.5) is 10.5 Å². The molecule has 1 fully saturated rings. The van der Waals surface area contributed by atoms with Gasteiger partial charge in [0.2, 0.25) is 0 Å². The van der Waals surface area contributed by atoms with Gasteiger partial charge < -0.3 is 4.74 Å². The second-order valence-electron chi connectivity index (χ2n) is 5.56. The molecule has 0 unspecified atom stereocenters. The molecular weight excluding hydrogens is 527 g/mol. The van der Waals surface area contributed by atoms with E-state index in [4.69, 9.17) is 4.74 Å². The molecule has 0 atom stereocenters. The lowest BCUT2D eigenvalue weighted by atomic mass is 10.1. The van der Waals surface area contributed by atoms with E-state index in [2.05, 4.69) is 43.8 Å². The van der Waals surface area contributed by atoms with E-state index in [9.17, 15) is 14.4 Å². The Morgan fingerprint density at radius 1 is 1.15 bits per heavy atom. The summed E-state index contributed by atoms with van der Waals surface area (Å²) in [6, 6.07) is 11.2. The van der Waals surface area contributed by atoms with Crippen molar-refractivity contribution in [3.63, 3.8) is 0 Å². The van der Waals surface area contributed by atoms with E-state index in [0.717, 1.165) is 18.7 Å². The Morgan fingerprint density at radius 3 is 2.48 bits per heavy atom. The Morgan fingerprint density at radius 2 is 1.85 bits per heavy atom. The number of halogens is 2. The molecule has 1 saturated heterocycles.